The quantitative estimate of drug-likeness (QED) is 0.382. The smallest absolute Gasteiger partial charge is 0.475 e. The molecule has 0 aliphatic carbocycles. The maximum absolute atomic E-state index is 10.6. The topological polar surface area (TPSA) is 68.8 Å². The molecule has 9 heteroatoms. The Balaban J connectivity index is -0.000000118. The molecule has 0 aromatic rings. The lowest BCUT2D eigenvalue weighted by Gasteiger charge is -2.26. The van der Waals surface area contributed by atoms with E-state index in [-0.39, 0.29) is 10.1 Å². The first-order valence-corrected chi connectivity index (χ1v) is 9.84. The molecule has 0 spiro atoms. The van der Waals surface area contributed by atoms with Crippen LogP contribution in [0.15, 0.2) is 0 Å². The molecule has 0 aromatic heterocycles. The third-order valence-electron chi connectivity index (χ3n) is 2.55. The van der Waals surface area contributed by atoms with Crippen molar-refractivity contribution in [3.63, 3.8) is 0 Å². The zero-order valence-electron chi connectivity index (χ0n) is 14.3. The zero-order valence-corrected chi connectivity index (χ0v) is 17.2. The van der Waals surface area contributed by atoms with Crippen LogP contribution in [0.2, 0.25) is 16.6 Å². The van der Waals surface area contributed by atoms with Gasteiger partial charge in [-0.05, 0) is 6.92 Å². The van der Waals surface area contributed by atoms with Crippen LogP contribution in [0.4, 0.5) is 13.2 Å². The lowest BCUT2D eigenvalue weighted by molar-refractivity contribution is -0.192. The predicted octanol–water partition coefficient (Wildman–Crippen LogP) is 4.44. The normalized spacial score (nSPS) is 11.0. The van der Waals surface area contributed by atoms with Crippen LogP contribution in [0.1, 0.15) is 48.5 Å². The van der Waals surface area contributed by atoms with Gasteiger partial charge >= 0.3 is 12.1 Å². The lowest BCUT2D eigenvalue weighted by Crippen LogP contribution is -2.24. The van der Waals surface area contributed by atoms with E-state index in [4.69, 9.17) is 9.90 Å². The largest absolute Gasteiger partial charge is 0.490 e. The number of thiol groups is 2. The molecule has 0 rings (SSSR count). The highest BCUT2D eigenvalue weighted by Crippen LogP contribution is 2.29. The van der Waals surface area contributed by atoms with Gasteiger partial charge in [-0.1, -0.05) is 58.2 Å². The van der Waals surface area contributed by atoms with E-state index in [2.05, 4.69) is 66.8 Å². The summed E-state index contributed by atoms with van der Waals surface area (Å²) in [5.41, 5.74) is 2.92. The molecule has 0 fully saturated rings. The average Bonchev–Trinajstić information content (AvgIpc) is 2.12. The number of rotatable bonds is 3. The van der Waals surface area contributed by atoms with Crippen molar-refractivity contribution in [1.29, 1.82) is 0 Å². The van der Waals surface area contributed by atoms with Crippen LogP contribution >= 0.6 is 25.3 Å². The number of carbonyl (C=O) groups is 1. The van der Waals surface area contributed by atoms with E-state index in [1.54, 1.807) is 0 Å². The Bertz CT molecular complexity index is 252. The van der Waals surface area contributed by atoms with E-state index in [1.807, 2.05) is 6.92 Å². The fourth-order valence-electron chi connectivity index (χ4n) is 2.31. The number of carboxylic acid groups (broad SMARTS) is 1. The molecule has 0 aromatic carbocycles. The molecule has 0 heterocycles. The van der Waals surface area contributed by atoms with Gasteiger partial charge in [-0.15, -0.1) is 0 Å². The van der Waals surface area contributed by atoms with Gasteiger partial charge in [-0.25, -0.2) is 4.79 Å². The van der Waals surface area contributed by atoms with Gasteiger partial charge < -0.3 is 10.6 Å². The van der Waals surface area contributed by atoms with E-state index < -0.39 is 20.9 Å². The molecule has 0 radical (unpaired) electrons. The maximum Gasteiger partial charge on any atom is 0.490 e. The van der Waals surface area contributed by atoms with Crippen LogP contribution in [0, 0.1) is 0 Å². The second-order valence-electron chi connectivity index (χ2n) is 5.74. The van der Waals surface area contributed by atoms with Gasteiger partial charge in [0.25, 0.3) is 0 Å². The molecule has 22 heavy (non-hydrogen) atoms. The van der Waals surface area contributed by atoms with E-state index >= 15 is 0 Å². The van der Waals surface area contributed by atoms with Gasteiger partial charge in [-0.2, -0.15) is 38.4 Å². The Morgan fingerprint density at radius 1 is 0.909 bits per heavy atom. The minimum absolute atomic E-state index is 0. The molecule has 0 unspecified atom stereocenters. The predicted molar refractivity (Wildman–Crippen MR) is 97.2 cm³/mol. The van der Waals surface area contributed by atoms with Crippen LogP contribution in [-0.2, 0) is 4.79 Å². The third-order valence-corrected chi connectivity index (χ3v) is 7.17. The van der Waals surface area contributed by atoms with Crippen LogP contribution < -0.4 is 0 Å². The second kappa shape index (κ2) is 14.7. The fourth-order valence-corrected chi connectivity index (χ4v) is 6.93. The van der Waals surface area contributed by atoms with Gasteiger partial charge in [0.2, 0.25) is 0 Å². The second-order valence-corrected chi connectivity index (χ2v) is 12.9. The highest BCUT2D eigenvalue weighted by molar-refractivity contribution is 7.99. The lowest BCUT2D eigenvalue weighted by atomic mass is 10.5. The SMILES string of the molecule is CC(C)[SiH](C(C)C)C(C)C.CC(S)S.O.O=C(O)C(F)(F)F. The van der Waals surface area contributed by atoms with Crippen molar-refractivity contribution < 1.29 is 28.5 Å². The standard InChI is InChI=1S/C9H22Si.C2HF3O2.C2H6S2.H2O/c1-7(2)10(8(3)4)9(5)6;3-2(4,5)1(6)7;1-2(3)4;/h7-10H,1-6H3;(H,6,7);2-4H,1H3;1H2. The summed E-state index contributed by atoms with van der Waals surface area (Å²) in [6.07, 6.45) is -5.08. The van der Waals surface area contributed by atoms with Gasteiger partial charge in [0.05, 0.1) is 0 Å². The highest BCUT2D eigenvalue weighted by Gasteiger charge is 2.38. The van der Waals surface area contributed by atoms with E-state index in [9.17, 15) is 13.2 Å². The zero-order chi connectivity index (χ0) is 18.0. The third kappa shape index (κ3) is 22.4. The molecule has 3 nitrogen and oxygen atoms in total. The molecule has 0 bridgehead atoms. The number of hydrogen-bond acceptors (Lipinski definition) is 3. The molecule has 0 aliphatic rings. The van der Waals surface area contributed by atoms with Crippen molar-refractivity contribution in [3.05, 3.63) is 0 Å². The molecule has 3 N–H and O–H groups in total. The van der Waals surface area contributed by atoms with E-state index in [0.717, 1.165) is 16.6 Å². The number of alkyl halides is 3. The Kier molecular flexibility index (Phi) is 20.1. The molecule has 0 saturated heterocycles. The van der Waals surface area contributed by atoms with Gasteiger partial charge in [0.15, 0.2) is 0 Å². The number of aliphatic carboxylic acids is 1. The van der Waals surface area contributed by atoms with Crippen molar-refractivity contribution in [2.75, 3.05) is 0 Å². The highest BCUT2D eigenvalue weighted by atomic mass is 32.2. The minimum Gasteiger partial charge on any atom is -0.475 e. The Morgan fingerprint density at radius 2 is 1.05 bits per heavy atom. The summed E-state index contributed by atoms with van der Waals surface area (Å²) in [4.78, 5) is 8.90. The number of hydrogen-bond donors (Lipinski definition) is 3. The van der Waals surface area contributed by atoms with Crippen LogP contribution in [0.25, 0.3) is 0 Å². The first kappa shape index (κ1) is 30.1. The molecular weight excluding hydrogens is 353 g/mol. The Labute approximate surface area is 144 Å². The van der Waals surface area contributed by atoms with Crippen molar-refractivity contribution in [2.45, 2.75) is 75.8 Å². The van der Waals surface area contributed by atoms with E-state index in [1.165, 1.54) is 0 Å². The first-order chi connectivity index (χ1) is 9.14. The monoisotopic (exact) mass is 384 g/mol. The van der Waals surface area contributed by atoms with Crippen LogP contribution in [0.5, 0.6) is 0 Å². The molecule has 0 aliphatic heterocycles. The van der Waals surface area contributed by atoms with Gasteiger partial charge in [0, 0.05) is 13.4 Å². The van der Waals surface area contributed by atoms with Gasteiger partial charge in [-0.3, -0.25) is 0 Å². The summed E-state index contributed by atoms with van der Waals surface area (Å²) in [5.74, 6) is -2.76. The summed E-state index contributed by atoms with van der Waals surface area (Å²) in [6, 6.07) is 0. The number of halogens is 3. The first-order valence-electron chi connectivity index (χ1n) is 6.80. The molecule has 0 saturated carbocycles. The van der Waals surface area contributed by atoms with Crippen molar-refractivity contribution in [3.8, 4) is 0 Å². The van der Waals surface area contributed by atoms with Crippen LogP contribution in [-0.4, -0.2) is 36.1 Å². The van der Waals surface area contributed by atoms with E-state index in [0.29, 0.717) is 0 Å². The summed E-state index contributed by atoms with van der Waals surface area (Å²) in [7, 11) is -0.454. The van der Waals surface area contributed by atoms with Crippen molar-refractivity contribution in [2.24, 2.45) is 0 Å². The Morgan fingerprint density at radius 3 is 1.05 bits per heavy atom. The average molecular weight is 385 g/mol. The van der Waals surface area contributed by atoms with Crippen LogP contribution in [0.3, 0.4) is 0 Å². The molecule has 0 atom stereocenters. The summed E-state index contributed by atoms with van der Waals surface area (Å²) >= 11 is 7.66. The van der Waals surface area contributed by atoms with Crippen molar-refractivity contribution >= 4 is 40.0 Å². The summed E-state index contributed by atoms with van der Waals surface area (Å²) < 4.78 is 32.0. The molecule has 138 valence electrons. The molecule has 0 amide bonds. The fraction of sp³-hybridized carbons (Fsp3) is 0.923. The summed E-state index contributed by atoms with van der Waals surface area (Å²) in [5, 5.41) is 7.12. The van der Waals surface area contributed by atoms with Gasteiger partial charge in [0.1, 0.15) is 0 Å². The maximum atomic E-state index is 10.6. The molecular formula is C13H31F3O3S2Si. The Hall–Kier alpha value is 0.137. The minimum atomic E-state index is -5.08. The van der Waals surface area contributed by atoms with Crippen molar-refractivity contribution in [1.82, 2.24) is 0 Å². The summed E-state index contributed by atoms with van der Waals surface area (Å²) in [6.45, 7) is 16.2. The number of carboxylic acids is 1.